The van der Waals surface area contributed by atoms with Crippen LogP contribution in [-0.2, 0) is 0 Å². The van der Waals surface area contributed by atoms with Crippen LogP contribution >= 0.6 is 0 Å². The van der Waals surface area contributed by atoms with Crippen molar-refractivity contribution in [3.63, 3.8) is 0 Å². The van der Waals surface area contributed by atoms with Crippen LogP contribution in [0.3, 0.4) is 0 Å². The minimum Gasteiger partial charge on any atom is -0.238 e. The lowest BCUT2D eigenvalue weighted by molar-refractivity contribution is 0.238. The molecule has 2 saturated heterocycles. The molecule has 3 atom stereocenters. The normalized spacial score (nSPS) is 57.0. The van der Waals surface area contributed by atoms with E-state index >= 15 is 0 Å². The van der Waals surface area contributed by atoms with Crippen LogP contribution in [0.25, 0.3) is 0 Å². The van der Waals surface area contributed by atoms with E-state index in [2.05, 4.69) is 12.2 Å². The molecule has 3 fully saturated rings. The zero-order valence-electron chi connectivity index (χ0n) is 4.59. The molecule has 1 heteroatoms. The number of hydrogen-bond donors (Lipinski definition) is 0. The highest BCUT2D eigenvalue weighted by atomic mass is 15.0. The van der Waals surface area contributed by atoms with Gasteiger partial charge in [0.1, 0.15) is 0 Å². The summed E-state index contributed by atoms with van der Waals surface area (Å²) in [5.74, 6) is 1.94. The predicted molar refractivity (Wildman–Crippen MR) is 28.1 cm³/mol. The number of rotatable bonds is 0. The first-order valence-electron chi connectivity index (χ1n) is 3.04. The Labute approximate surface area is 44.1 Å². The summed E-state index contributed by atoms with van der Waals surface area (Å²) in [7, 11) is 0. The van der Waals surface area contributed by atoms with E-state index < -0.39 is 0 Å². The Morgan fingerprint density at radius 2 is 2.43 bits per heavy atom. The molecule has 2 heterocycles. The van der Waals surface area contributed by atoms with Crippen molar-refractivity contribution in [1.29, 1.82) is 0 Å². The van der Waals surface area contributed by atoms with Crippen molar-refractivity contribution in [3.8, 4) is 0 Å². The predicted octanol–water partition coefficient (Wildman–Crippen LogP) is 0.629. The second-order valence-corrected chi connectivity index (χ2v) is 2.79. The van der Waals surface area contributed by atoms with Gasteiger partial charge in [0.2, 0.25) is 0 Å². The summed E-state index contributed by atoms with van der Waals surface area (Å²) in [5.41, 5.74) is 0. The molecule has 0 aromatic heterocycles. The fourth-order valence-corrected chi connectivity index (χ4v) is 1.61. The molecule has 2 bridgehead atoms. The maximum atomic E-state index is 4.39. The van der Waals surface area contributed by atoms with E-state index in [1.54, 1.807) is 0 Å². The third kappa shape index (κ3) is 0.325. The molecule has 1 radical (unpaired) electrons. The molecular formula is C6H10N. The van der Waals surface area contributed by atoms with E-state index in [1.165, 1.54) is 13.0 Å². The summed E-state index contributed by atoms with van der Waals surface area (Å²) in [6.07, 6.45) is 1.40. The average Bonchev–Trinajstić information content (AvgIpc) is 2.18. The molecule has 3 aliphatic rings. The molecule has 3 rings (SSSR count). The lowest BCUT2D eigenvalue weighted by Crippen LogP contribution is -2.32. The van der Waals surface area contributed by atoms with Crippen molar-refractivity contribution in [2.75, 3.05) is 6.54 Å². The van der Waals surface area contributed by atoms with Crippen molar-refractivity contribution in [1.82, 2.24) is 5.32 Å². The highest BCUT2D eigenvalue weighted by Gasteiger charge is 2.44. The Morgan fingerprint density at radius 3 is 2.57 bits per heavy atom. The molecule has 0 N–H and O–H groups in total. The number of nitrogens with zero attached hydrogens (tertiary/aromatic N) is 1. The summed E-state index contributed by atoms with van der Waals surface area (Å²) in [6, 6.07) is 0.782. The fourth-order valence-electron chi connectivity index (χ4n) is 1.61. The minimum absolute atomic E-state index is 0.782. The van der Waals surface area contributed by atoms with Crippen molar-refractivity contribution in [2.45, 2.75) is 19.4 Å². The molecule has 0 aromatic rings. The SMILES string of the molecule is CC1C2C[N]C1C2. The van der Waals surface area contributed by atoms with E-state index in [0.29, 0.717) is 0 Å². The molecule has 1 aliphatic carbocycles. The van der Waals surface area contributed by atoms with Gasteiger partial charge in [-0.3, -0.25) is 0 Å². The van der Waals surface area contributed by atoms with E-state index in [1.807, 2.05) is 0 Å². The maximum absolute atomic E-state index is 4.39. The molecule has 0 spiro atoms. The van der Waals surface area contributed by atoms with Crippen LogP contribution in [-0.4, -0.2) is 12.6 Å². The van der Waals surface area contributed by atoms with E-state index in [0.717, 1.165) is 17.9 Å². The second-order valence-electron chi connectivity index (χ2n) is 2.79. The van der Waals surface area contributed by atoms with Gasteiger partial charge in [0.15, 0.2) is 0 Å². The molecule has 1 saturated carbocycles. The van der Waals surface area contributed by atoms with Gasteiger partial charge in [-0.2, -0.15) is 0 Å². The smallest absolute Gasteiger partial charge is 0.0278 e. The quantitative estimate of drug-likeness (QED) is 0.420. The molecule has 39 valence electrons. The fraction of sp³-hybridized carbons (Fsp3) is 1.00. The van der Waals surface area contributed by atoms with Crippen LogP contribution in [0.5, 0.6) is 0 Å². The van der Waals surface area contributed by atoms with E-state index in [9.17, 15) is 0 Å². The highest BCUT2D eigenvalue weighted by Crippen LogP contribution is 2.40. The highest BCUT2D eigenvalue weighted by molar-refractivity contribution is 4.99. The maximum Gasteiger partial charge on any atom is 0.0278 e. The van der Waals surface area contributed by atoms with E-state index in [4.69, 9.17) is 0 Å². The summed E-state index contributed by atoms with van der Waals surface area (Å²) >= 11 is 0. The zero-order chi connectivity index (χ0) is 4.85. The van der Waals surface area contributed by atoms with Crippen molar-refractivity contribution in [3.05, 3.63) is 0 Å². The number of fused-ring (bicyclic) bond motifs is 1. The standard InChI is InChI=1S/C6H10N/c1-4-5-2-6(4)7-3-5/h4-6H,2-3H2,1H3. The molecular weight excluding hydrogens is 86.1 g/mol. The van der Waals surface area contributed by atoms with Crippen LogP contribution in [0.2, 0.25) is 0 Å². The summed E-state index contributed by atoms with van der Waals surface area (Å²) in [4.78, 5) is 0. The minimum atomic E-state index is 0.782. The Hall–Kier alpha value is -0.0400. The Morgan fingerprint density at radius 1 is 1.57 bits per heavy atom. The number of hydrogen-bond acceptors (Lipinski definition) is 0. The Kier molecular flexibility index (Phi) is 0.571. The summed E-state index contributed by atoms with van der Waals surface area (Å²) in [6.45, 7) is 3.49. The Balaban J connectivity index is 2.14. The third-order valence-electron chi connectivity index (χ3n) is 2.47. The molecule has 1 nitrogen and oxygen atoms in total. The van der Waals surface area contributed by atoms with Gasteiger partial charge >= 0.3 is 0 Å². The lowest BCUT2D eigenvalue weighted by Gasteiger charge is -2.29. The van der Waals surface area contributed by atoms with Gasteiger partial charge in [-0.15, -0.1) is 0 Å². The lowest BCUT2D eigenvalue weighted by atomic mass is 9.75. The third-order valence-corrected chi connectivity index (χ3v) is 2.47. The van der Waals surface area contributed by atoms with Gasteiger partial charge in [-0.05, 0) is 18.3 Å². The molecule has 0 amide bonds. The first kappa shape index (κ1) is 3.90. The monoisotopic (exact) mass is 96.1 g/mol. The second kappa shape index (κ2) is 1.03. The first-order chi connectivity index (χ1) is 3.38. The van der Waals surface area contributed by atoms with Crippen molar-refractivity contribution < 1.29 is 0 Å². The molecule has 3 unspecified atom stereocenters. The zero-order valence-corrected chi connectivity index (χ0v) is 4.59. The summed E-state index contributed by atoms with van der Waals surface area (Å²) in [5, 5.41) is 4.39. The summed E-state index contributed by atoms with van der Waals surface area (Å²) < 4.78 is 0. The van der Waals surface area contributed by atoms with E-state index in [-0.39, 0.29) is 0 Å². The Bertz CT molecular complexity index is 76.2. The van der Waals surface area contributed by atoms with Gasteiger partial charge in [0.25, 0.3) is 0 Å². The van der Waals surface area contributed by atoms with Crippen LogP contribution < -0.4 is 5.32 Å². The largest absolute Gasteiger partial charge is 0.238 e. The van der Waals surface area contributed by atoms with Gasteiger partial charge in [0, 0.05) is 12.6 Å². The van der Waals surface area contributed by atoms with Gasteiger partial charge < -0.3 is 0 Å². The average molecular weight is 96.2 g/mol. The van der Waals surface area contributed by atoms with Crippen LogP contribution in [0.4, 0.5) is 0 Å². The van der Waals surface area contributed by atoms with Gasteiger partial charge in [0.05, 0.1) is 0 Å². The van der Waals surface area contributed by atoms with Crippen molar-refractivity contribution >= 4 is 0 Å². The van der Waals surface area contributed by atoms with Crippen molar-refractivity contribution in [2.24, 2.45) is 11.8 Å². The molecule has 2 aliphatic heterocycles. The van der Waals surface area contributed by atoms with Gasteiger partial charge in [-0.25, -0.2) is 5.32 Å². The molecule has 0 aromatic carbocycles. The van der Waals surface area contributed by atoms with Gasteiger partial charge in [-0.1, -0.05) is 6.92 Å². The molecule has 7 heavy (non-hydrogen) atoms. The van der Waals surface area contributed by atoms with Crippen LogP contribution in [0, 0.1) is 11.8 Å². The van der Waals surface area contributed by atoms with Crippen LogP contribution in [0.15, 0.2) is 0 Å². The topological polar surface area (TPSA) is 14.1 Å². The van der Waals surface area contributed by atoms with Crippen LogP contribution in [0.1, 0.15) is 13.3 Å². The first-order valence-corrected chi connectivity index (χ1v) is 3.04.